The van der Waals surface area contributed by atoms with Crippen molar-refractivity contribution in [1.29, 1.82) is 0 Å². The number of hydrogen-bond donors (Lipinski definition) is 3. The summed E-state index contributed by atoms with van der Waals surface area (Å²) in [5.41, 5.74) is 3.47. The number of hydrogen-bond acceptors (Lipinski definition) is 7. The second-order valence-electron chi connectivity index (χ2n) is 8.35. The minimum absolute atomic E-state index is 0.0171. The average molecular weight is 444 g/mol. The van der Waals surface area contributed by atoms with Gasteiger partial charge in [-0.15, -0.1) is 0 Å². The van der Waals surface area contributed by atoms with Crippen molar-refractivity contribution in [2.75, 3.05) is 11.9 Å². The minimum atomic E-state index is -4.03. The van der Waals surface area contributed by atoms with Crippen molar-refractivity contribution in [3.05, 3.63) is 54.0 Å². The molecule has 5 rings (SSSR count). The lowest BCUT2D eigenvalue weighted by atomic mass is 10.1. The Kier molecular flexibility index (Phi) is 5.17. The van der Waals surface area contributed by atoms with E-state index in [4.69, 9.17) is 9.32 Å². The van der Waals surface area contributed by atoms with Crippen molar-refractivity contribution in [3.63, 3.8) is 0 Å². The molecule has 4 N–H and O–H groups in total. The van der Waals surface area contributed by atoms with Gasteiger partial charge >= 0.3 is 10.3 Å². The maximum Gasteiger partial charge on any atom is 0.333 e. The van der Waals surface area contributed by atoms with Crippen LogP contribution < -0.4 is 10.5 Å². The molecule has 9 nitrogen and oxygen atoms in total. The van der Waals surface area contributed by atoms with Crippen LogP contribution in [0.2, 0.25) is 0 Å². The Balaban J connectivity index is 1.37. The molecular weight excluding hydrogens is 418 g/mol. The van der Waals surface area contributed by atoms with Gasteiger partial charge in [0.25, 0.3) is 0 Å². The van der Waals surface area contributed by atoms with Gasteiger partial charge in [0, 0.05) is 18.2 Å². The van der Waals surface area contributed by atoms with Crippen LogP contribution in [0.5, 0.6) is 0 Å². The quantitative estimate of drug-likeness (QED) is 0.531. The SMILES string of the molecule is NS(=O)(=O)OCC1CC(n2ccc3c(N[C@H]4CCc5ccccc54)ncnc32)CC1O. The van der Waals surface area contributed by atoms with Gasteiger partial charge < -0.3 is 15.0 Å². The van der Waals surface area contributed by atoms with Crippen molar-refractivity contribution < 1.29 is 17.7 Å². The zero-order valence-electron chi connectivity index (χ0n) is 16.9. The summed E-state index contributed by atoms with van der Waals surface area (Å²) in [6.45, 7) is -0.126. The van der Waals surface area contributed by atoms with Gasteiger partial charge in [-0.05, 0) is 42.9 Å². The molecule has 31 heavy (non-hydrogen) atoms. The van der Waals surface area contributed by atoms with Gasteiger partial charge in [0.2, 0.25) is 0 Å². The Morgan fingerprint density at radius 1 is 1.23 bits per heavy atom. The monoisotopic (exact) mass is 443 g/mol. The first-order valence-electron chi connectivity index (χ1n) is 10.4. The van der Waals surface area contributed by atoms with Crippen molar-refractivity contribution in [3.8, 4) is 0 Å². The van der Waals surface area contributed by atoms with Gasteiger partial charge in [-0.1, -0.05) is 24.3 Å². The number of aromatic nitrogens is 3. The fraction of sp³-hybridized carbons (Fsp3) is 0.429. The molecule has 0 aliphatic heterocycles. The molecule has 3 unspecified atom stereocenters. The van der Waals surface area contributed by atoms with E-state index in [1.807, 2.05) is 16.8 Å². The summed E-state index contributed by atoms with van der Waals surface area (Å²) < 4.78 is 28.9. The van der Waals surface area contributed by atoms with Crippen LogP contribution in [0, 0.1) is 5.92 Å². The summed E-state index contributed by atoms with van der Waals surface area (Å²) in [6.07, 6.45) is 5.96. The minimum Gasteiger partial charge on any atom is -0.393 e. The molecule has 2 aromatic heterocycles. The molecule has 0 amide bonds. The van der Waals surface area contributed by atoms with E-state index < -0.39 is 16.4 Å². The Morgan fingerprint density at radius 3 is 2.90 bits per heavy atom. The Hall–Kier alpha value is -2.53. The van der Waals surface area contributed by atoms with Gasteiger partial charge in [0.15, 0.2) is 0 Å². The highest BCUT2D eigenvalue weighted by molar-refractivity contribution is 7.84. The van der Waals surface area contributed by atoms with E-state index in [1.54, 1.807) is 6.33 Å². The van der Waals surface area contributed by atoms with E-state index in [-0.39, 0.29) is 24.6 Å². The number of aryl methyl sites for hydroxylation is 1. The van der Waals surface area contributed by atoms with Gasteiger partial charge in [0.05, 0.1) is 24.1 Å². The van der Waals surface area contributed by atoms with Crippen LogP contribution in [0.3, 0.4) is 0 Å². The molecular formula is C21H25N5O4S. The first kappa shape index (κ1) is 20.4. The number of anilines is 1. The number of fused-ring (bicyclic) bond motifs is 2. The molecule has 2 aliphatic carbocycles. The largest absolute Gasteiger partial charge is 0.393 e. The van der Waals surface area contributed by atoms with Crippen LogP contribution in [0.15, 0.2) is 42.9 Å². The lowest BCUT2D eigenvalue weighted by Crippen LogP contribution is -2.24. The molecule has 0 bridgehead atoms. The maximum absolute atomic E-state index is 11.1. The summed E-state index contributed by atoms with van der Waals surface area (Å²) in [5.74, 6) is 0.480. The van der Waals surface area contributed by atoms with E-state index in [9.17, 15) is 13.5 Å². The number of aliphatic hydroxyl groups excluding tert-OH is 1. The van der Waals surface area contributed by atoms with Gasteiger partial charge in [-0.2, -0.15) is 8.42 Å². The molecule has 0 radical (unpaired) electrons. The highest BCUT2D eigenvalue weighted by Crippen LogP contribution is 2.39. The molecule has 4 atom stereocenters. The predicted molar refractivity (Wildman–Crippen MR) is 115 cm³/mol. The van der Waals surface area contributed by atoms with Crippen LogP contribution in [0.25, 0.3) is 11.0 Å². The fourth-order valence-electron chi connectivity index (χ4n) is 4.92. The van der Waals surface area contributed by atoms with E-state index in [1.165, 1.54) is 11.1 Å². The normalized spacial score (nSPS) is 25.7. The molecule has 10 heteroatoms. The van der Waals surface area contributed by atoms with Crippen molar-refractivity contribution in [1.82, 2.24) is 14.5 Å². The molecule has 0 saturated heterocycles. The van der Waals surface area contributed by atoms with Crippen molar-refractivity contribution in [2.45, 2.75) is 43.9 Å². The lowest BCUT2D eigenvalue weighted by Gasteiger charge is -2.16. The second kappa shape index (κ2) is 7.86. The summed E-state index contributed by atoms with van der Waals surface area (Å²) in [4.78, 5) is 8.97. The summed E-state index contributed by atoms with van der Waals surface area (Å²) >= 11 is 0. The predicted octanol–water partition coefficient (Wildman–Crippen LogP) is 2.06. The molecule has 2 aliphatic rings. The number of nitrogens with two attached hydrogens (primary N) is 1. The smallest absolute Gasteiger partial charge is 0.333 e. The first-order valence-corrected chi connectivity index (χ1v) is 11.9. The Bertz CT molecular complexity index is 1210. The molecule has 2 heterocycles. The fourth-order valence-corrected chi connectivity index (χ4v) is 5.28. The molecule has 3 aromatic rings. The lowest BCUT2D eigenvalue weighted by molar-refractivity contribution is 0.100. The van der Waals surface area contributed by atoms with Crippen LogP contribution in [0.1, 0.15) is 42.5 Å². The van der Waals surface area contributed by atoms with E-state index in [0.717, 1.165) is 29.7 Å². The third-order valence-corrected chi connectivity index (χ3v) is 6.89. The molecule has 164 valence electrons. The molecule has 0 spiro atoms. The number of nitrogens with one attached hydrogen (secondary N) is 1. The van der Waals surface area contributed by atoms with Crippen molar-refractivity contribution in [2.24, 2.45) is 11.1 Å². The first-order chi connectivity index (χ1) is 14.9. The summed E-state index contributed by atoms with van der Waals surface area (Å²) in [6, 6.07) is 10.6. The van der Waals surface area contributed by atoms with Crippen LogP contribution in [0.4, 0.5) is 5.82 Å². The van der Waals surface area contributed by atoms with Gasteiger partial charge in [0.1, 0.15) is 17.8 Å². The summed E-state index contributed by atoms with van der Waals surface area (Å²) in [5, 5.41) is 19.8. The molecule has 1 saturated carbocycles. The van der Waals surface area contributed by atoms with Gasteiger partial charge in [-0.3, -0.25) is 4.18 Å². The standard InChI is InChI=1S/C21H25N5O4S/c22-31(28,29)30-11-14-9-15(10-19(14)27)26-8-7-17-20(23-12-24-21(17)26)25-18-6-5-13-3-1-2-4-16(13)18/h1-4,7-8,12,14-15,18-19,27H,5-6,9-11H2,(H2,22,28,29)(H,23,24,25)/t14?,15?,18-,19?/m0/s1. The Morgan fingerprint density at radius 2 is 2.06 bits per heavy atom. The average Bonchev–Trinajstić information content (AvgIpc) is 3.43. The van der Waals surface area contributed by atoms with E-state index in [0.29, 0.717) is 12.8 Å². The number of nitrogens with zero attached hydrogens (tertiary/aromatic N) is 3. The van der Waals surface area contributed by atoms with Crippen LogP contribution in [-0.2, 0) is 20.9 Å². The summed E-state index contributed by atoms with van der Waals surface area (Å²) in [7, 11) is -4.03. The number of benzene rings is 1. The van der Waals surface area contributed by atoms with Crippen molar-refractivity contribution >= 4 is 27.2 Å². The molecule has 1 fully saturated rings. The number of rotatable bonds is 6. The van der Waals surface area contributed by atoms with Crippen LogP contribution in [-0.4, -0.2) is 40.8 Å². The topological polar surface area (TPSA) is 132 Å². The van der Waals surface area contributed by atoms with E-state index >= 15 is 0 Å². The third kappa shape index (κ3) is 4.03. The van der Waals surface area contributed by atoms with Crippen LogP contribution >= 0.6 is 0 Å². The van der Waals surface area contributed by atoms with Gasteiger partial charge in [-0.25, -0.2) is 15.1 Å². The second-order valence-corrected chi connectivity index (χ2v) is 9.57. The highest BCUT2D eigenvalue weighted by Gasteiger charge is 2.35. The Labute approximate surface area is 180 Å². The zero-order valence-corrected chi connectivity index (χ0v) is 17.7. The third-order valence-electron chi connectivity index (χ3n) is 6.43. The van der Waals surface area contributed by atoms with E-state index in [2.05, 4.69) is 39.6 Å². The molecule has 1 aromatic carbocycles. The zero-order chi connectivity index (χ0) is 21.6. The number of aliphatic hydroxyl groups is 1. The highest BCUT2D eigenvalue weighted by atomic mass is 32.2. The maximum atomic E-state index is 11.1.